The van der Waals surface area contributed by atoms with E-state index in [1.807, 2.05) is 19.9 Å². The lowest BCUT2D eigenvalue weighted by molar-refractivity contribution is 0.0690. The fraction of sp³-hybridized carbons (Fsp3) is 0.375. The number of carbonyl (C=O) groups excluding carboxylic acids is 1. The first-order chi connectivity index (χ1) is 9.86. The maximum Gasteiger partial charge on any atom is 0.410 e. The number of hydrogen-bond acceptors (Lipinski definition) is 3. The molecule has 5 nitrogen and oxygen atoms in total. The largest absolute Gasteiger partial charge is 0.478 e. The van der Waals surface area contributed by atoms with Gasteiger partial charge in [-0.2, -0.15) is 0 Å². The summed E-state index contributed by atoms with van der Waals surface area (Å²) in [5.74, 6) is -0.942. The molecule has 1 aliphatic heterocycles. The normalized spacial score (nSPS) is 16.0. The SMILES string of the molecule is C=CCOC(=O)N1Cc2cccc(C(=O)O)c2C(C)(C)C1. The van der Waals surface area contributed by atoms with Crippen LogP contribution < -0.4 is 0 Å². The monoisotopic (exact) mass is 289 g/mol. The van der Waals surface area contributed by atoms with Gasteiger partial charge in [-0.1, -0.05) is 38.6 Å². The third-order valence-electron chi connectivity index (χ3n) is 3.59. The number of hydrogen-bond donors (Lipinski definition) is 1. The topological polar surface area (TPSA) is 66.8 Å². The lowest BCUT2D eigenvalue weighted by Crippen LogP contribution is -2.46. The second-order valence-electron chi connectivity index (χ2n) is 5.75. The Balaban J connectivity index is 2.37. The number of benzene rings is 1. The van der Waals surface area contributed by atoms with E-state index in [9.17, 15) is 14.7 Å². The van der Waals surface area contributed by atoms with E-state index in [2.05, 4.69) is 6.58 Å². The minimum Gasteiger partial charge on any atom is -0.478 e. The second kappa shape index (κ2) is 5.60. The Hall–Kier alpha value is -2.30. The third-order valence-corrected chi connectivity index (χ3v) is 3.59. The molecule has 112 valence electrons. The molecule has 1 amide bonds. The summed E-state index contributed by atoms with van der Waals surface area (Å²) < 4.78 is 5.07. The Labute approximate surface area is 123 Å². The highest BCUT2D eigenvalue weighted by molar-refractivity contribution is 5.90. The first-order valence-corrected chi connectivity index (χ1v) is 6.75. The molecule has 0 bridgehead atoms. The fourth-order valence-corrected chi connectivity index (χ4v) is 2.88. The number of nitrogens with zero attached hydrogens (tertiary/aromatic N) is 1. The van der Waals surface area contributed by atoms with E-state index in [0.29, 0.717) is 18.7 Å². The first-order valence-electron chi connectivity index (χ1n) is 6.75. The lowest BCUT2D eigenvalue weighted by atomic mass is 9.76. The molecular formula is C16H19NO4. The van der Waals surface area contributed by atoms with Gasteiger partial charge in [0.1, 0.15) is 6.61 Å². The summed E-state index contributed by atoms with van der Waals surface area (Å²) in [5, 5.41) is 9.35. The average molecular weight is 289 g/mol. The average Bonchev–Trinajstić information content (AvgIpc) is 2.43. The van der Waals surface area contributed by atoms with Crippen LogP contribution in [0.15, 0.2) is 30.9 Å². The zero-order valence-corrected chi connectivity index (χ0v) is 12.3. The molecule has 1 aromatic carbocycles. The molecule has 0 radical (unpaired) electrons. The van der Waals surface area contributed by atoms with Crippen molar-refractivity contribution in [2.75, 3.05) is 13.2 Å². The number of carboxylic acid groups (broad SMARTS) is 1. The molecule has 1 N–H and O–H groups in total. The zero-order chi connectivity index (χ0) is 15.6. The molecule has 0 aromatic heterocycles. The van der Waals surface area contributed by atoms with Crippen molar-refractivity contribution in [3.8, 4) is 0 Å². The van der Waals surface area contributed by atoms with E-state index in [1.165, 1.54) is 6.08 Å². The van der Waals surface area contributed by atoms with E-state index in [-0.39, 0.29) is 6.61 Å². The maximum absolute atomic E-state index is 12.0. The van der Waals surface area contributed by atoms with Crippen molar-refractivity contribution in [3.05, 3.63) is 47.5 Å². The van der Waals surface area contributed by atoms with Crippen LogP contribution in [0.3, 0.4) is 0 Å². The minimum atomic E-state index is -0.942. The van der Waals surface area contributed by atoms with Crippen LogP contribution in [0, 0.1) is 0 Å². The van der Waals surface area contributed by atoms with E-state index < -0.39 is 17.5 Å². The summed E-state index contributed by atoms with van der Waals surface area (Å²) in [6.07, 6.45) is 1.11. The molecular weight excluding hydrogens is 270 g/mol. The summed E-state index contributed by atoms with van der Waals surface area (Å²) in [6.45, 7) is 8.32. The molecule has 0 unspecified atom stereocenters. The Bertz CT molecular complexity index is 592. The maximum atomic E-state index is 12.0. The second-order valence-corrected chi connectivity index (χ2v) is 5.75. The van der Waals surface area contributed by atoms with Gasteiger partial charge < -0.3 is 14.7 Å². The van der Waals surface area contributed by atoms with Crippen molar-refractivity contribution in [2.24, 2.45) is 0 Å². The highest BCUT2D eigenvalue weighted by Crippen LogP contribution is 2.36. The number of aromatic carboxylic acids is 1. The molecule has 0 atom stereocenters. The van der Waals surface area contributed by atoms with E-state index in [4.69, 9.17) is 4.74 Å². The number of fused-ring (bicyclic) bond motifs is 1. The molecule has 1 aliphatic rings. The zero-order valence-electron chi connectivity index (χ0n) is 12.3. The van der Waals surface area contributed by atoms with E-state index in [0.717, 1.165) is 11.1 Å². The molecule has 5 heteroatoms. The Morgan fingerprint density at radius 3 is 2.81 bits per heavy atom. The molecule has 0 fully saturated rings. The lowest BCUT2D eigenvalue weighted by Gasteiger charge is -2.40. The van der Waals surface area contributed by atoms with Crippen LogP contribution in [-0.2, 0) is 16.7 Å². The van der Waals surface area contributed by atoms with E-state index in [1.54, 1.807) is 17.0 Å². The molecule has 0 aliphatic carbocycles. The molecule has 1 aromatic rings. The van der Waals surface area contributed by atoms with Gasteiger partial charge in [0, 0.05) is 18.5 Å². The minimum absolute atomic E-state index is 0.164. The van der Waals surface area contributed by atoms with Crippen LogP contribution >= 0.6 is 0 Å². The van der Waals surface area contributed by atoms with Crippen LogP contribution in [0.4, 0.5) is 4.79 Å². The van der Waals surface area contributed by atoms with Crippen LogP contribution in [0.1, 0.15) is 35.3 Å². The predicted octanol–water partition coefficient (Wildman–Crippen LogP) is 2.80. The molecule has 0 spiro atoms. The Kier molecular flexibility index (Phi) is 4.02. The van der Waals surface area contributed by atoms with Gasteiger partial charge in [-0.25, -0.2) is 9.59 Å². The van der Waals surface area contributed by atoms with Gasteiger partial charge in [-0.3, -0.25) is 0 Å². The molecule has 0 saturated heterocycles. The van der Waals surface area contributed by atoms with Crippen LogP contribution in [-0.4, -0.2) is 35.2 Å². The highest BCUT2D eigenvalue weighted by atomic mass is 16.6. The van der Waals surface area contributed by atoms with Crippen molar-refractivity contribution in [1.29, 1.82) is 0 Å². The van der Waals surface area contributed by atoms with Gasteiger partial charge in [-0.15, -0.1) is 0 Å². The number of amides is 1. The van der Waals surface area contributed by atoms with E-state index >= 15 is 0 Å². The smallest absolute Gasteiger partial charge is 0.410 e. The summed E-state index contributed by atoms with van der Waals surface area (Å²) in [5.41, 5.74) is 1.50. The van der Waals surface area contributed by atoms with Gasteiger partial charge in [0.05, 0.1) is 5.56 Å². The highest BCUT2D eigenvalue weighted by Gasteiger charge is 2.37. The Morgan fingerprint density at radius 1 is 1.48 bits per heavy atom. The summed E-state index contributed by atoms with van der Waals surface area (Å²) in [4.78, 5) is 25.0. The Morgan fingerprint density at radius 2 is 2.19 bits per heavy atom. The third kappa shape index (κ3) is 2.91. The standard InChI is InChI=1S/C16H19NO4/c1-4-8-21-15(20)17-9-11-6-5-7-12(14(18)19)13(11)16(2,3)10-17/h4-7H,1,8-10H2,2-3H3,(H,18,19). The quantitative estimate of drug-likeness (QED) is 0.869. The first kappa shape index (κ1) is 15.1. The van der Waals surface area contributed by atoms with Crippen LogP contribution in [0.5, 0.6) is 0 Å². The van der Waals surface area contributed by atoms with Gasteiger partial charge in [0.25, 0.3) is 0 Å². The molecule has 2 rings (SSSR count). The summed E-state index contributed by atoms with van der Waals surface area (Å²) >= 11 is 0. The fourth-order valence-electron chi connectivity index (χ4n) is 2.88. The number of ether oxygens (including phenoxy) is 1. The van der Waals surface area contributed by atoms with Crippen LogP contribution in [0.2, 0.25) is 0 Å². The van der Waals surface area contributed by atoms with Crippen molar-refractivity contribution >= 4 is 12.1 Å². The number of rotatable bonds is 3. The van der Waals surface area contributed by atoms with Crippen molar-refractivity contribution in [3.63, 3.8) is 0 Å². The summed E-state index contributed by atoms with van der Waals surface area (Å²) in [6, 6.07) is 5.17. The van der Waals surface area contributed by atoms with Gasteiger partial charge >= 0.3 is 12.1 Å². The molecule has 0 saturated carbocycles. The van der Waals surface area contributed by atoms with Crippen molar-refractivity contribution < 1.29 is 19.4 Å². The van der Waals surface area contributed by atoms with Gasteiger partial charge in [0.2, 0.25) is 0 Å². The summed E-state index contributed by atoms with van der Waals surface area (Å²) in [7, 11) is 0. The van der Waals surface area contributed by atoms with Gasteiger partial charge in [0.15, 0.2) is 0 Å². The van der Waals surface area contributed by atoms with Crippen LogP contribution in [0.25, 0.3) is 0 Å². The molecule has 21 heavy (non-hydrogen) atoms. The number of carbonyl (C=O) groups is 2. The molecule has 1 heterocycles. The van der Waals surface area contributed by atoms with Crippen molar-refractivity contribution in [1.82, 2.24) is 4.90 Å². The number of carboxylic acids is 1. The van der Waals surface area contributed by atoms with Crippen molar-refractivity contribution in [2.45, 2.75) is 25.8 Å². The predicted molar refractivity (Wildman–Crippen MR) is 78.4 cm³/mol. The van der Waals surface area contributed by atoms with Gasteiger partial charge in [-0.05, 0) is 17.2 Å².